The minimum Gasteiger partial charge on any atom is -0.465 e. The molecule has 1 spiro atoms. The van der Waals surface area contributed by atoms with Crippen LogP contribution in [-0.4, -0.2) is 60.5 Å². The number of nitrogens with one attached hydrogen (secondary N) is 2. The van der Waals surface area contributed by atoms with Gasteiger partial charge in [-0.25, -0.2) is 9.59 Å². The average molecular weight is 403 g/mol. The van der Waals surface area contributed by atoms with Crippen molar-refractivity contribution in [3.05, 3.63) is 29.8 Å². The third-order valence-corrected chi connectivity index (χ3v) is 4.94. The predicted molar refractivity (Wildman–Crippen MR) is 98.8 cm³/mol. The van der Waals surface area contributed by atoms with Crippen LogP contribution >= 0.6 is 0 Å². The number of rotatable bonds is 6. The second kappa shape index (κ2) is 8.29. The second-order valence-electron chi connectivity index (χ2n) is 6.89. The molecule has 4 amide bonds. The van der Waals surface area contributed by atoms with Gasteiger partial charge in [-0.3, -0.25) is 19.3 Å². The lowest BCUT2D eigenvalue weighted by Gasteiger charge is -2.19. The Morgan fingerprint density at radius 2 is 1.79 bits per heavy atom. The number of nitrogens with zero attached hydrogens (tertiary/aromatic N) is 1. The standard InChI is InChI=1S/C19H21N3O7/c1-28-16(25)12-4-6-13(7-5-12)20-14(23)11-29-15(24)10-22-17(26)19(21-18(22)27)8-2-3-9-19/h4-7H,2-3,8-11H2,1H3,(H,20,23)(H,21,27). The number of ether oxygens (including phenoxy) is 2. The van der Waals surface area contributed by atoms with Crippen molar-refractivity contribution >= 4 is 35.5 Å². The molecule has 1 aromatic carbocycles. The van der Waals surface area contributed by atoms with Crippen molar-refractivity contribution in [2.45, 2.75) is 31.2 Å². The van der Waals surface area contributed by atoms with Crippen molar-refractivity contribution < 1.29 is 33.4 Å². The normalized spacial score (nSPS) is 17.2. The van der Waals surface area contributed by atoms with Gasteiger partial charge in [0.25, 0.3) is 11.8 Å². The number of methoxy groups -OCH3 is 1. The van der Waals surface area contributed by atoms with Crippen LogP contribution in [0, 0.1) is 0 Å². The van der Waals surface area contributed by atoms with Gasteiger partial charge < -0.3 is 20.1 Å². The summed E-state index contributed by atoms with van der Waals surface area (Å²) >= 11 is 0. The molecular weight excluding hydrogens is 382 g/mol. The topological polar surface area (TPSA) is 131 Å². The van der Waals surface area contributed by atoms with Crippen molar-refractivity contribution in [2.24, 2.45) is 0 Å². The molecule has 0 bridgehead atoms. The molecule has 3 rings (SSSR count). The number of esters is 2. The highest BCUT2D eigenvalue weighted by Crippen LogP contribution is 2.34. The fraction of sp³-hybridized carbons (Fsp3) is 0.421. The van der Waals surface area contributed by atoms with Crippen LogP contribution in [0.2, 0.25) is 0 Å². The second-order valence-corrected chi connectivity index (χ2v) is 6.89. The molecule has 154 valence electrons. The summed E-state index contributed by atoms with van der Waals surface area (Å²) in [4.78, 5) is 60.6. The molecule has 10 heteroatoms. The van der Waals surface area contributed by atoms with E-state index in [2.05, 4.69) is 15.4 Å². The van der Waals surface area contributed by atoms with E-state index in [0.717, 1.165) is 17.7 Å². The predicted octanol–water partition coefficient (Wildman–Crippen LogP) is 0.819. The summed E-state index contributed by atoms with van der Waals surface area (Å²) < 4.78 is 9.45. The summed E-state index contributed by atoms with van der Waals surface area (Å²) in [5.41, 5.74) is -0.174. The summed E-state index contributed by atoms with van der Waals surface area (Å²) in [6.07, 6.45) is 2.79. The number of hydrogen-bond donors (Lipinski definition) is 2. The van der Waals surface area contributed by atoms with Gasteiger partial charge >= 0.3 is 18.0 Å². The molecule has 2 fully saturated rings. The number of carbonyl (C=O) groups excluding carboxylic acids is 5. The Morgan fingerprint density at radius 1 is 1.14 bits per heavy atom. The molecule has 1 aliphatic heterocycles. The summed E-state index contributed by atoms with van der Waals surface area (Å²) in [5, 5.41) is 5.17. The van der Waals surface area contributed by atoms with Crippen LogP contribution in [0.15, 0.2) is 24.3 Å². The third kappa shape index (κ3) is 4.36. The Morgan fingerprint density at radius 3 is 2.41 bits per heavy atom. The molecule has 1 aliphatic carbocycles. The van der Waals surface area contributed by atoms with Crippen molar-refractivity contribution in [2.75, 3.05) is 25.6 Å². The lowest BCUT2D eigenvalue weighted by Crippen LogP contribution is -2.44. The molecule has 29 heavy (non-hydrogen) atoms. The van der Waals surface area contributed by atoms with Crippen LogP contribution in [0.1, 0.15) is 36.0 Å². The first-order valence-corrected chi connectivity index (χ1v) is 9.12. The number of amides is 4. The molecule has 2 N–H and O–H groups in total. The van der Waals surface area contributed by atoms with E-state index in [1.54, 1.807) is 0 Å². The molecule has 1 aromatic rings. The maximum atomic E-state index is 12.5. The smallest absolute Gasteiger partial charge is 0.337 e. The SMILES string of the molecule is COC(=O)c1ccc(NC(=O)COC(=O)CN2C(=O)NC3(CCCC3)C2=O)cc1. The van der Waals surface area contributed by atoms with E-state index in [1.807, 2.05) is 0 Å². The van der Waals surface area contributed by atoms with E-state index in [1.165, 1.54) is 31.4 Å². The van der Waals surface area contributed by atoms with Gasteiger partial charge in [0.1, 0.15) is 12.1 Å². The molecular formula is C19H21N3O7. The van der Waals surface area contributed by atoms with Gasteiger partial charge in [0.15, 0.2) is 6.61 Å². The highest BCUT2D eigenvalue weighted by atomic mass is 16.5. The summed E-state index contributed by atoms with van der Waals surface area (Å²) in [6.45, 7) is -1.13. The average Bonchev–Trinajstić information content (AvgIpc) is 3.27. The number of carbonyl (C=O) groups is 5. The molecule has 1 saturated heterocycles. The van der Waals surface area contributed by atoms with Gasteiger partial charge in [-0.15, -0.1) is 0 Å². The zero-order valence-electron chi connectivity index (χ0n) is 15.9. The van der Waals surface area contributed by atoms with Crippen molar-refractivity contribution in [1.82, 2.24) is 10.2 Å². The molecule has 1 heterocycles. The first kappa shape index (κ1) is 20.3. The van der Waals surface area contributed by atoms with Crippen molar-refractivity contribution in [3.8, 4) is 0 Å². The van der Waals surface area contributed by atoms with Gasteiger partial charge in [-0.1, -0.05) is 12.8 Å². The van der Waals surface area contributed by atoms with E-state index in [0.29, 0.717) is 24.1 Å². The number of imide groups is 1. The largest absolute Gasteiger partial charge is 0.465 e. The number of benzene rings is 1. The monoisotopic (exact) mass is 403 g/mol. The maximum Gasteiger partial charge on any atom is 0.337 e. The van der Waals surface area contributed by atoms with Gasteiger partial charge in [0.05, 0.1) is 12.7 Å². The maximum absolute atomic E-state index is 12.5. The molecule has 0 unspecified atom stereocenters. The van der Waals surface area contributed by atoms with Crippen LogP contribution < -0.4 is 10.6 Å². The first-order valence-electron chi connectivity index (χ1n) is 9.12. The van der Waals surface area contributed by atoms with E-state index in [4.69, 9.17) is 4.74 Å². The molecule has 0 radical (unpaired) electrons. The fourth-order valence-electron chi connectivity index (χ4n) is 3.46. The summed E-state index contributed by atoms with van der Waals surface area (Å²) in [7, 11) is 1.26. The molecule has 10 nitrogen and oxygen atoms in total. The lowest BCUT2D eigenvalue weighted by atomic mass is 9.98. The first-order chi connectivity index (χ1) is 13.8. The minimum atomic E-state index is -0.898. The zero-order chi connectivity index (χ0) is 21.0. The Bertz CT molecular complexity index is 844. The van der Waals surface area contributed by atoms with E-state index < -0.39 is 48.5 Å². The quantitative estimate of drug-likeness (QED) is 0.531. The molecule has 2 aliphatic rings. The van der Waals surface area contributed by atoms with Gasteiger partial charge in [-0.2, -0.15) is 0 Å². The minimum absolute atomic E-state index is 0.325. The Kier molecular flexibility index (Phi) is 5.81. The van der Waals surface area contributed by atoms with Gasteiger partial charge in [0.2, 0.25) is 0 Å². The van der Waals surface area contributed by atoms with Crippen molar-refractivity contribution in [1.29, 1.82) is 0 Å². The van der Waals surface area contributed by atoms with Crippen LogP contribution in [-0.2, 0) is 23.9 Å². The number of anilines is 1. The highest BCUT2D eigenvalue weighted by molar-refractivity contribution is 6.09. The molecule has 1 saturated carbocycles. The van der Waals surface area contributed by atoms with Crippen LogP contribution in [0.5, 0.6) is 0 Å². The molecule has 0 atom stereocenters. The number of urea groups is 1. The number of hydrogen-bond acceptors (Lipinski definition) is 7. The Balaban J connectivity index is 1.47. The van der Waals surface area contributed by atoms with Crippen LogP contribution in [0.3, 0.4) is 0 Å². The highest BCUT2D eigenvalue weighted by Gasteiger charge is 2.52. The Labute approximate surface area is 166 Å². The lowest BCUT2D eigenvalue weighted by molar-refractivity contribution is -0.150. The zero-order valence-corrected chi connectivity index (χ0v) is 15.9. The van der Waals surface area contributed by atoms with E-state index in [9.17, 15) is 24.0 Å². The molecule has 0 aromatic heterocycles. The van der Waals surface area contributed by atoms with Gasteiger partial charge in [0, 0.05) is 5.69 Å². The van der Waals surface area contributed by atoms with Crippen molar-refractivity contribution in [3.63, 3.8) is 0 Å². The van der Waals surface area contributed by atoms with E-state index >= 15 is 0 Å². The third-order valence-electron chi connectivity index (χ3n) is 4.94. The van der Waals surface area contributed by atoms with Crippen LogP contribution in [0.25, 0.3) is 0 Å². The summed E-state index contributed by atoms with van der Waals surface area (Å²) in [6, 6.07) is 5.33. The Hall–Kier alpha value is -3.43. The fourth-order valence-corrected chi connectivity index (χ4v) is 3.46. The van der Waals surface area contributed by atoms with Crippen LogP contribution in [0.4, 0.5) is 10.5 Å². The van der Waals surface area contributed by atoms with Gasteiger partial charge in [-0.05, 0) is 37.1 Å². The van der Waals surface area contributed by atoms with E-state index in [-0.39, 0.29) is 0 Å². The summed E-state index contributed by atoms with van der Waals surface area (Å²) in [5.74, 6) is -2.39.